The number of benzene rings is 1. The van der Waals surface area contributed by atoms with Gasteiger partial charge >= 0.3 is 0 Å². The molecule has 0 aliphatic heterocycles. The minimum absolute atomic E-state index is 0.191. The van der Waals surface area contributed by atoms with Crippen LogP contribution < -0.4 is 5.73 Å². The van der Waals surface area contributed by atoms with Gasteiger partial charge in [-0.2, -0.15) is 0 Å². The predicted molar refractivity (Wildman–Crippen MR) is 57.7 cm³/mol. The predicted octanol–water partition coefficient (Wildman–Crippen LogP) is 1.90. The maximum absolute atomic E-state index is 13.3. The molecule has 0 spiro atoms. The van der Waals surface area contributed by atoms with Gasteiger partial charge in [0.25, 0.3) is 0 Å². The van der Waals surface area contributed by atoms with Gasteiger partial charge in [-0.05, 0) is 51.2 Å². The lowest BCUT2D eigenvalue weighted by Gasteiger charge is -2.09. The zero-order valence-electron chi connectivity index (χ0n) is 8.76. The second-order valence-electron chi connectivity index (χ2n) is 3.76. The van der Waals surface area contributed by atoms with E-state index in [1.807, 2.05) is 14.1 Å². The van der Waals surface area contributed by atoms with Crippen molar-refractivity contribution in [2.24, 2.45) is 0 Å². The lowest BCUT2D eigenvalue weighted by Crippen LogP contribution is -2.13. The van der Waals surface area contributed by atoms with Gasteiger partial charge in [0.05, 0.1) is 0 Å². The van der Waals surface area contributed by atoms with Crippen molar-refractivity contribution in [1.82, 2.24) is 4.90 Å². The molecule has 0 aliphatic rings. The molecule has 0 aliphatic carbocycles. The third-order valence-electron chi connectivity index (χ3n) is 2.13. The second kappa shape index (κ2) is 4.96. The molecule has 1 aromatic carbocycles. The molecule has 0 unspecified atom stereocenters. The van der Waals surface area contributed by atoms with Crippen molar-refractivity contribution in [3.63, 3.8) is 0 Å². The summed E-state index contributed by atoms with van der Waals surface area (Å²) in [5, 5.41) is 0. The van der Waals surface area contributed by atoms with Gasteiger partial charge in [0.2, 0.25) is 0 Å². The molecule has 0 aromatic heterocycles. The van der Waals surface area contributed by atoms with Crippen LogP contribution >= 0.6 is 0 Å². The van der Waals surface area contributed by atoms with Gasteiger partial charge in [0.15, 0.2) is 0 Å². The van der Waals surface area contributed by atoms with E-state index < -0.39 is 0 Å². The SMILES string of the molecule is CN(C)CCCc1ccc(N)cc1F. The lowest BCUT2D eigenvalue weighted by atomic mass is 10.1. The lowest BCUT2D eigenvalue weighted by molar-refractivity contribution is 0.399. The van der Waals surface area contributed by atoms with Gasteiger partial charge in [-0.25, -0.2) is 4.39 Å². The van der Waals surface area contributed by atoms with Gasteiger partial charge in [0.1, 0.15) is 5.82 Å². The Bertz CT molecular complexity index is 297. The van der Waals surface area contributed by atoms with Crippen molar-refractivity contribution < 1.29 is 4.39 Å². The van der Waals surface area contributed by atoms with Crippen molar-refractivity contribution in [2.45, 2.75) is 12.8 Å². The molecule has 0 saturated heterocycles. The highest BCUT2D eigenvalue weighted by Gasteiger charge is 2.02. The summed E-state index contributed by atoms with van der Waals surface area (Å²) in [4.78, 5) is 2.09. The summed E-state index contributed by atoms with van der Waals surface area (Å²) in [6, 6.07) is 4.89. The Hall–Kier alpha value is -1.09. The number of halogens is 1. The van der Waals surface area contributed by atoms with Crippen LogP contribution in [-0.2, 0) is 6.42 Å². The van der Waals surface area contributed by atoms with Gasteiger partial charge in [-0.3, -0.25) is 0 Å². The van der Waals surface area contributed by atoms with Crippen molar-refractivity contribution in [3.05, 3.63) is 29.6 Å². The minimum Gasteiger partial charge on any atom is -0.399 e. The first-order chi connectivity index (χ1) is 6.59. The first kappa shape index (κ1) is 11.0. The molecule has 0 atom stereocenters. The Labute approximate surface area is 84.5 Å². The fourth-order valence-electron chi connectivity index (χ4n) is 1.35. The summed E-state index contributed by atoms with van der Waals surface area (Å²) < 4.78 is 13.3. The number of hydrogen-bond donors (Lipinski definition) is 1. The number of hydrogen-bond acceptors (Lipinski definition) is 2. The summed E-state index contributed by atoms with van der Waals surface area (Å²) in [6.45, 7) is 0.976. The third kappa shape index (κ3) is 3.34. The summed E-state index contributed by atoms with van der Waals surface area (Å²) >= 11 is 0. The van der Waals surface area contributed by atoms with E-state index in [-0.39, 0.29) is 5.82 Å². The van der Waals surface area contributed by atoms with Crippen LogP contribution in [0.5, 0.6) is 0 Å². The van der Waals surface area contributed by atoms with Crippen molar-refractivity contribution in [3.8, 4) is 0 Å². The Morgan fingerprint density at radius 3 is 2.64 bits per heavy atom. The standard InChI is InChI=1S/C11H17FN2/c1-14(2)7-3-4-9-5-6-10(13)8-11(9)12/h5-6,8H,3-4,7,13H2,1-2H3. The topological polar surface area (TPSA) is 29.3 Å². The van der Waals surface area contributed by atoms with Crippen LogP contribution in [0.2, 0.25) is 0 Å². The number of nitrogens with zero attached hydrogens (tertiary/aromatic N) is 1. The van der Waals surface area contributed by atoms with Gasteiger partial charge in [0, 0.05) is 5.69 Å². The summed E-state index contributed by atoms with van der Waals surface area (Å²) in [6.07, 6.45) is 1.73. The maximum Gasteiger partial charge on any atom is 0.128 e. The van der Waals surface area contributed by atoms with Crippen LogP contribution in [0.25, 0.3) is 0 Å². The Morgan fingerprint density at radius 2 is 2.07 bits per heavy atom. The average molecular weight is 196 g/mol. The smallest absolute Gasteiger partial charge is 0.128 e. The Kier molecular flexibility index (Phi) is 3.89. The van der Waals surface area contributed by atoms with Crippen molar-refractivity contribution >= 4 is 5.69 Å². The summed E-state index contributed by atoms with van der Waals surface area (Å²) in [5.41, 5.74) is 6.69. The second-order valence-corrected chi connectivity index (χ2v) is 3.76. The van der Waals surface area contributed by atoms with E-state index in [9.17, 15) is 4.39 Å². The average Bonchev–Trinajstić information content (AvgIpc) is 2.08. The molecule has 2 nitrogen and oxygen atoms in total. The number of nitrogen functional groups attached to an aromatic ring is 1. The van der Waals surface area contributed by atoms with Crippen LogP contribution in [0.15, 0.2) is 18.2 Å². The van der Waals surface area contributed by atoms with Crippen molar-refractivity contribution in [1.29, 1.82) is 0 Å². The molecule has 1 aromatic rings. The molecule has 14 heavy (non-hydrogen) atoms. The van der Waals surface area contributed by atoms with E-state index >= 15 is 0 Å². The van der Waals surface area contributed by atoms with Crippen LogP contribution in [-0.4, -0.2) is 25.5 Å². The number of nitrogens with two attached hydrogens (primary N) is 1. The first-order valence-corrected chi connectivity index (χ1v) is 4.78. The summed E-state index contributed by atoms with van der Waals surface area (Å²) in [5.74, 6) is -0.191. The molecule has 0 radical (unpaired) electrons. The molecule has 2 N–H and O–H groups in total. The monoisotopic (exact) mass is 196 g/mol. The van der Waals surface area contributed by atoms with Gasteiger partial charge in [-0.1, -0.05) is 6.07 Å². The van der Waals surface area contributed by atoms with Crippen molar-refractivity contribution in [2.75, 3.05) is 26.4 Å². The number of rotatable bonds is 4. The molecule has 0 saturated carbocycles. The van der Waals surface area contributed by atoms with E-state index in [0.29, 0.717) is 5.69 Å². The molecule has 0 heterocycles. The number of anilines is 1. The van der Waals surface area contributed by atoms with Crippen LogP contribution in [0.3, 0.4) is 0 Å². The normalized spacial score (nSPS) is 10.9. The first-order valence-electron chi connectivity index (χ1n) is 4.78. The van der Waals surface area contributed by atoms with E-state index in [0.717, 1.165) is 24.9 Å². The highest BCUT2D eigenvalue weighted by molar-refractivity contribution is 5.40. The van der Waals surface area contributed by atoms with E-state index in [1.165, 1.54) is 6.07 Å². The van der Waals surface area contributed by atoms with Gasteiger partial charge in [-0.15, -0.1) is 0 Å². The van der Waals surface area contributed by atoms with E-state index in [4.69, 9.17) is 5.73 Å². The molecular weight excluding hydrogens is 179 g/mol. The quantitative estimate of drug-likeness (QED) is 0.745. The number of aryl methyl sites for hydroxylation is 1. The molecular formula is C11H17FN2. The largest absolute Gasteiger partial charge is 0.399 e. The molecule has 0 fully saturated rings. The fraction of sp³-hybridized carbons (Fsp3) is 0.455. The summed E-state index contributed by atoms with van der Waals surface area (Å²) in [7, 11) is 4.03. The minimum atomic E-state index is -0.191. The third-order valence-corrected chi connectivity index (χ3v) is 2.13. The van der Waals surface area contributed by atoms with Gasteiger partial charge < -0.3 is 10.6 Å². The van der Waals surface area contributed by atoms with E-state index in [1.54, 1.807) is 12.1 Å². The molecule has 78 valence electrons. The molecule has 0 amide bonds. The van der Waals surface area contributed by atoms with Crippen LogP contribution in [0.1, 0.15) is 12.0 Å². The zero-order chi connectivity index (χ0) is 10.6. The maximum atomic E-state index is 13.3. The molecule has 3 heteroatoms. The molecule has 0 bridgehead atoms. The highest BCUT2D eigenvalue weighted by atomic mass is 19.1. The highest BCUT2D eigenvalue weighted by Crippen LogP contribution is 2.13. The molecule has 1 rings (SSSR count). The van der Waals surface area contributed by atoms with Crippen LogP contribution in [0, 0.1) is 5.82 Å². The fourth-order valence-corrected chi connectivity index (χ4v) is 1.35. The van der Waals surface area contributed by atoms with Crippen LogP contribution in [0.4, 0.5) is 10.1 Å². The Morgan fingerprint density at radius 1 is 1.36 bits per heavy atom. The Balaban J connectivity index is 2.51. The zero-order valence-corrected chi connectivity index (χ0v) is 8.76. The van der Waals surface area contributed by atoms with E-state index in [2.05, 4.69) is 4.90 Å².